The number of hydrogen-bond acceptors (Lipinski definition) is 9. The van der Waals surface area contributed by atoms with E-state index < -0.39 is 35.9 Å². The standard InChI is InChI=1S/C32H49N7O7/c1-3-19(2)29-27(43)18-37-24(13-11-23(41)12-15-28(44)39-29)26(42)14-8-21(5-4-16-36-32(34)35)31(46)38-25(30(33)45)17-20-6-9-22(40)10-7-20/h6-7,9-10,19,21,24-25,29,37,40H,3-5,8,11-18H2,1-2H3,(H2,33,45)(H,38,46)(H,39,44)(H4,34,35,36)/t19-,21+,24-,25-,29-/m0/s1. The van der Waals surface area contributed by atoms with Gasteiger partial charge in [0.1, 0.15) is 23.4 Å². The number of nitrogens with one attached hydrogen (secondary N) is 3. The van der Waals surface area contributed by atoms with Crippen LogP contribution in [0.5, 0.6) is 5.75 Å². The maximum atomic E-state index is 13.5. The topological polar surface area (TPSA) is 249 Å². The molecule has 254 valence electrons. The zero-order valence-corrected chi connectivity index (χ0v) is 26.8. The normalized spacial score (nSPS) is 19.8. The summed E-state index contributed by atoms with van der Waals surface area (Å²) in [6, 6.07) is 3.58. The van der Waals surface area contributed by atoms with E-state index in [1.165, 1.54) is 12.1 Å². The molecule has 14 heteroatoms. The van der Waals surface area contributed by atoms with Gasteiger partial charge in [0.2, 0.25) is 17.7 Å². The molecule has 3 amide bonds. The van der Waals surface area contributed by atoms with Gasteiger partial charge in [0.05, 0.1) is 18.6 Å². The van der Waals surface area contributed by atoms with Gasteiger partial charge in [-0.15, -0.1) is 0 Å². The Morgan fingerprint density at radius 2 is 1.74 bits per heavy atom. The number of aromatic hydroxyl groups is 1. The first-order chi connectivity index (χ1) is 21.8. The summed E-state index contributed by atoms with van der Waals surface area (Å²) in [6.45, 7) is 3.86. The van der Waals surface area contributed by atoms with Gasteiger partial charge in [-0.1, -0.05) is 32.4 Å². The van der Waals surface area contributed by atoms with Gasteiger partial charge < -0.3 is 38.3 Å². The van der Waals surface area contributed by atoms with Crippen molar-refractivity contribution in [1.29, 1.82) is 0 Å². The third-order valence-corrected chi connectivity index (χ3v) is 8.28. The van der Waals surface area contributed by atoms with Gasteiger partial charge in [0.25, 0.3) is 0 Å². The summed E-state index contributed by atoms with van der Waals surface area (Å²) in [6.07, 6.45) is 1.77. The molecule has 10 N–H and O–H groups in total. The number of carbonyl (C=O) groups excluding carboxylic acids is 6. The van der Waals surface area contributed by atoms with Gasteiger partial charge in [-0.25, -0.2) is 0 Å². The Kier molecular flexibility index (Phi) is 15.8. The monoisotopic (exact) mass is 643 g/mol. The summed E-state index contributed by atoms with van der Waals surface area (Å²) in [7, 11) is 0. The van der Waals surface area contributed by atoms with Crippen LogP contribution in [0.1, 0.15) is 77.2 Å². The Morgan fingerprint density at radius 1 is 1.04 bits per heavy atom. The van der Waals surface area contributed by atoms with Crippen molar-refractivity contribution in [3.05, 3.63) is 29.8 Å². The van der Waals surface area contributed by atoms with E-state index in [0.29, 0.717) is 24.8 Å². The quantitative estimate of drug-likeness (QED) is 0.0772. The Bertz CT molecular complexity index is 1250. The van der Waals surface area contributed by atoms with Crippen LogP contribution in [-0.4, -0.2) is 77.4 Å². The number of phenolic OH excluding ortho intramolecular Hbond substituents is 1. The lowest BCUT2D eigenvalue weighted by Gasteiger charge is -2.26. The maximum absolute atomic E-state index is 13.5. The first kappa shape index (κ1) is 37.9. The summed E-state index contributed by atoms with van der Waals surface area (Å²) in [5.74, 6) is -3.11. The Morgan fingerprint density at radius 3 is 2.37 bits per heavy atom. The van der Waals surface area contributed by atoms with Crippen molar-refractivity contribution in [2.45, 2.75) is 96.2 Å². The third-order valence-electron chi connectivity index (χ3n) is 8.28. The van der Waals surface area contributed by atoms with E-state index in [1.807, 2.05) is 13.8 Å². The van der Waals surface area contributed by atoms with Crippen LogP contribution in [0.2, 0.25) is 0 Å². The average Bonchev–Trinajstić information content (AvgIpc) is 3.01. The van der Waals surface area contributed by atoms with Gasteiger partial charge in [-0.3, -0.25) is 33.8 Å². The van der Waals surface area contributed by atoms with Crippen LogP contribution < -0.4 is 33.2 Å². The van der Waals surface area contributed by atoms with Gasteiger partial charge in [0.15, 0.2) is 11.7 Å². The van der Waals surface area contributed by atoms with E-state index in [1.54, 1.807) is 12.1 Å². The number of ketones is 3. The summed E-state index contributed by atoms with van der Waals surface area (Å²) in [5, 5.41) is 18.0. The lowest BCUT2D eigenvalue weighted by atomic mass is 9.91. The van der Waals surface area contributed by atoms with Crippen LogP contribution in [0.4, 0.5) is 0 Å². The molecule has 1 saturated heterocycles. The number of Topliss-reactive ketones (excluding diaryl/α,β-unsaturated/α-hetero) is 3. The fraction of sp³-hybridized carbons (Fsp3) is 0.594. The predicted octanol–water partition coefficient (Wildman–Crippen LogP) is 0.125. The summed E-state index contributed by atoms with van der Waals surface area (Å²) in [4.78, 5) is 81.0. The molecule has 46 heavy (non-hydrogen) atoms. The van der Waals surface area contributed by atoms with E-state index >= 15 is 0 Å². The minimum Gasteiger partial charge on any atom is -0.508 e. The van der Waals surface area contributed by atoms with Crippen LogP contribution in [0.25, 0.3) is 0 Å². The maximum Gasteiger partial charge on any atom is 0.240 e. The summed E-state index contributed by atoms with van der Waals surface area (Å²) in [5.41, 5.74) is 17.1. The van der Waals surface area contributed by atoms with E-state index in [-0.39, 0.29) is 98.9 Å². The first-order valence-corrected chi connectivity index (χ1v) is 15.8. The van der Waals surface area contributed by atoms with Crippen LogP contribution in [0, 0.1) is 11.8 Å². The molecule has 1 aromatic rings. The van der Waals surface area contributed by atoms with Gasteiger partial charge in [-0.05, 0) is 49.3 Å². The molecule has 1 aliphatic rings. The Balaban J connectivity index is 2.16. The second kappa shape index (κ2) is 19.2. The summed E-state index contributed by atoms with van der Waals surface area (Å²) < 4.78 is 0. The van der Waals surface area contributed by atoms with Crippen molar-refractivity contribution >= 4 is 41.0 Å². The highest BCUT2D eigenvalue weighted by Crippen LogP contribution is 2.19. The second-order valence-corrected chi connectivity index (χ2v) is 11.9. The lowest BCUT2D eigenvalue weighted by molar-refractivity contribution is -0.131. The number of hydrogen-bond donors (Lipinski definition) is 7. The Labute approximate surface area is 269 Å². The molecule has 0 saturated carbocycles. The molecule has 14 nitrogen and oxygen atoms in total. The molecule has 0 bridgehead atoms. The number of carbonyl (C=O) groups is 6. The number of primary amides is 1. The number of benzene rings is 1. The van der Waals surface area contributed by atoms with Crippen molar-refractivity contribution < 1.29 is 33.9 Å². The van der Waals surface area contributed by atoms with Crippen LogP contribution in [0.3, 0.4) is 0 Å². The fourth-order valence-corrected chi connectivity index (χ4v) is 5.24. The zero-order valence-electron chi connectivity index (χ0n) is 26.8. The van der Waals surface area contributed by atoms with Crippen LogP contribution >= 0.6 is 0 Å². The smallest absolute Gasteiger partial charge is 0.240 e. The molecule has 5 atom stereocenters. The molecule has 1 aliphatic heterocycles. The highest BCUT2D eigenvalue weighted by molar-refractivity contribution is 5.93. The second-order valence-electron chi connectivity index (χ2n) is 11.9. The molecule has 0 spiro atoms. The number of nitrogens with zero attached hydrogens (tertiary/aromatic N) is 1. The number of amides is 3. The number of aliphatic imine (C=N–C) groups is 1. The van der Waals surface area contributed by atoms with Gasteiger partial charge >= 0.3 is 0 Å². The highest BCUT2D eigenvalue weighted by atomic mass is 16.3. The van der Waals surface area contributed by atoms with Crippen molar-refractivity contribution in [3.63, 3.8) is 0 Å². The Hall–Kier alpha value is -4.33. The van der Waals surface area contributed by atoms with Gasteiger partial charge in [0, 0.05) is 44.6 Å². The van der Waals surface area contributed by atoms with Gasteiger partial charge in [-0.2, -0.15) is 0 Å². The minimum atomic E-state index is -1.03. The third kappa shape index (κ3) is 13.3. The van der Waals surface area contributed by atoms with Crippen molar-refractivity contribution in [2.75, 3.05) is 13.1 Å². The van der Waals surface area contributed by atoms with E-state index in [4.69, 9.17) is 17.2 Å². The molecular formula is C32H49N7O7. The minimum absolute atomic E-state index is 0.0113. The van der Waals surface area contributed by atoms with Crippen LogP contribution in [0.15, 0.2) is 29.3 Å². The fourth-order valence-electron chi connectivity index (χ4n) is 5.24. The summed E-state index contributed by atoms with van der Waals surface area (Å²) >= 11 is 0. The first-order valence-electron chi connectivity index (χ1n) is 15.8. The molecule has 1 aromatic carbocycles. The number of nitrogens with two attached hydrogens (primary N) is 3. The molecule has 1 fully saturated rings. The van der Waals surface area contributed by atoms with Crippen molar-refractivity contribution in [3.8, 4) is 5.75 Å². The highest BCUT2D eigenvalue weighted by Gasteiger charge is 2.30. The average molecular weight is 644 g/mol. The van der Waals surface area contributed by atoms with E-state index in [0.717, 1.165) is 0 Å². The zero-order chi connectivity index (χ0) is 34.2. The van der Waals surface area contributed by atoms with Crippen LogP contribution in [-0.2, 0) is 35.2 Å². The van der Waals surface area contributed by atoms with Crippen molar-refractivity contribution in [1.82, 2.24) is 16.0 Å². The number of rotatable bonds is 15. The molecular weight excluding hydrogens is 594 g/mol. The van der Waals surface area contributed by atoms with Crippen molar-refractivity contribution in [2.24, 2.45) is 34.0 Å². The lowest BCUT2D eigenvalue weighted by Crippen LogP contribution is -2.51. The predicted molar refractivity (Wildman–Crippen MR) is 172 cm³/mol. The van der Waals surface area contributed by atoms with E-state index in [9.17, 15) is 33.9 Å². The SMILES string of the molecule is CC[C@H](C)[C@@H]1NC(=O)CCC(=O)CC[C@@H](C(=O)CC[C@@H](CCCN=C(N)N)C(=O)N[C@@H](Cc2ccc(O)cc2)C(N)=O)NCC1=O. The largest absolute Gasteiger partial charge is 0.508 e. The molecule has 0 radical (unpaired) electrons. The molecule has 2 rings (SSSR count). The van der Waals surface area contributed by atoms with E-state index in [2.05, 4.69) is 20.9 Å². The molecule has 0 aliphatic carbocycles. The molecule has 0 aromatic heterocycles. The number of phenols is 1. The molecule has 1 heterocycles. The molecule has 0 unspecified atom stereocenters. The number of guanidine groups is 1.